The Morgan fingerprint density at radius 3 is 2.47 bits per heavy atom. The van der Waals surface area contributed by atoms with Crippen molar-refractivity contribution in [2.24, 2.45) is 0 Å². The fraction of sp³-hybridized carbons (Fsp3) is 0.269. The number of anilines is 1. The molecule has 4 rings (SSSR count). The van der Waals surface area contributed by atoms with Crippen molar-refractivity contribution in [1.82, 2.24) is 4.57 Å². The molecule has 0 fully saturated rings. The van der Waals surface area contributed by atoms with E-state index in [0.717, 1.165) is 17.1 Å². The van der Waals surface area contributed by atoms with Gasteiger partial charge in [0.25, 0.3) is 0 Å². The van der Waals surface area contributed by atoms with Crippen molar-refractivity contribution in [2.45, 2.75) is 33.4 Å². The number of ether oxygens (including phenoxy) is 3. The number of hydrogen-bond donors (Lipinski definition) is 1. The molecular weight excluding hydrogens is 436 g/mol. The molecule has 1 N–H and O–H groups in total. The van der Waals surface area contributed by atoms with Gasteiger partial charge in [-0.15, -0.1) is 0 Å². The zero-order chi connectivity index (χ0) is 24.2. The molecule has 176 valence electrons. The van der Waals surface area contributed by atoms with Crippen LogP contribution in [-0.2, 0) is 16.1 Å². The van der Waals surface area contributed by atoms with Crippen molar-refractivity contribution in [2.75, 3.05) is 18.5 Å². The van der Waals surface area contributed by atoms with E-state index in [2.05, 4.69) is 5.32 Å². The minimum absolute atomic E-state index is 0.194. The van der Waals surface area contributed by atoms with Crippen LogP contribution in [0.1, 0.15) is 39.0 Å². The number of nitrogens with one attached hydrogen (secondary N) is 1. The lowest BCUT2D eigenvalue weighted by Crippen LogP contribution is -2.33. The molecule has 2 heterocycles. The van der Waals surface area contributed by atoms with E-state index in [-0.39, 0.29) is 24.4 Å². The minimum atomic E-state index is -0.608. The maximum Gasteiger partial charge on any atom is 0.338 e. The van der Waals surface area contributed by atoms with Gasteiger partial charge in [-0.2, -0.15) is 0 Å². The molecule has 2 aromatic carbocycles. The summed E-state index contributed by atoms with van der Waals surface area (Å²) in [5.74, 6) is 0.333. The molecule has 1 atom stereocenters. The third-order valence-corrected chi connectivity index (χ3v) is 5.60. The van der Waals surface area contributed by atoms with Gasteiger partial charge < -0.3 is 24.1 Å². The molecule has 1 aliphatic rings. The highest BCUT2D eigenvalue weighted by Crippen LogP contribution is 2.31. The second-order valence-electron chi connectivity index (χ2n) is 8.15. The fourth-order valence-corrected chi connectivity index (χ4v) is 3.91. The Hall–Kier alpha value is -4.07. The van der Waals surface area contributed by atoms with Gasteiger partial charge >= 0.3 is 5.97 Å². The van der Waals surface area contributed by atoms with E-state index in [0.29, 0.717) is 35.7 Å². The van der Waals surface area contributed by atoms with E-state index in [9.17, 15) is 14.4 Å². The largest absolute Gasteiger partial charge is 0.486 e. The number of aryl methyl sites for hydroxylation is 1. The quantitative estimate of drug-likeness (QED) is 0.422. The average molecular weight is 463 g/mol. The summed E-state index contributed by atoms with van der Waals surface area (Å²) in [6.07, 6.45) is -0.194. The molecular formula is C26H26N2O6. The van der Waals surface area contributed by atoms with Crippen LogP contribution in [-0.4, -0.2) is 41.5 Å². The molecule has 0 bridgehead atoms. The predicted octanol–water partition coefficient (Wildman–Crippen LogP) is 3.94. The Morgan fingerprint density at radius 2 is 1.76 bits per heavy atom. The lowest BCUT2D eigenvalue weighted by molar-refractivity contribution is -0.114. The number of para-hydroxylation sites is 2. The number of benzene rings is 2. The molecule has 0 spiro atoms. The highest BCUT2D eigenvalue weighted by molar-refractivity contribution is 6.00. The lowest BCUT2D eigenvalue weighted by atomic mass is 10.1. The van der Waals surface area contributed by atoms with Crippen molar-refractivity contribution >= 4 is 23.3 Å². The van der Waals surface area contributed by atoms with Gasteiger partial charge in [0.15, 0.2) is 24.2 Å². The number of Topliss-reactive ketones (excluding diaryl/α,β-unsaturated/α-hetero) is 1. The average Bonchev–Trinajstić information content (AvgIpc) is 3.10. The van der Waals surface area contributed by atoms with Gasteiger partial charge in [0.1, 0.15) is 6.61 Å². The summed E-state index contributed by atoms with van der Waals surface area (Å²) in [5.41, 5.74) is 3.05. The van der Waals surface area contributed by atoms with E-state index in [1.54, 1.807) is 18.2 Å². The van der Waals surface area contributed by atoms with Gasteiger partial charge in [0.2, 0.25) is 11.7 Å². The summed E-state index contributed by atoms with van der Waals surface area (Å²) in [6, 6.07) is 15.6. The van der Waals surface area contributed by atoms with E-state index in [1.807, 2.05) is 42.7 Å². The monoisotopic (exact) mass is 462 g/mol. The zero-order valence-electron chi connectivity index (χ0n) is 19.3. The van der Waals surface area contributed by atoms with Crippen LogP contribution in [0.5, 0.6) is 11.5 Å². The number of ketones is 1. The Morgan fingerprint density at radius 1 is 1.06 bits per heavy atom. The normalized spacial score (nSPS) is 14.4. The number of fused-ring (bicyclic) bond motifs is 1. The summed E-state index contributed by atoms with van der Waals surface area (Å²) in [6.45, 7) is 5.76. The first-order chi connectivity index (χ1) is 16.3. The Kier molecular flexibility index (Phi) is 6.67. The topological polar surface area (TPSA) is 95.9 Å². The number of rotatable bonds is 7. The smallest absolute Gasteiger partial charge is 0.338 e. The van der Waals surface area contributed by atoms with E-state index in [4.69, 9.17) is 14.2 Å². The molecule has 0 radical (unpaired) electrons. The number of hydrogen-bond acceptors (Lipinski definition) is 6. The van der Waals surface area contributed by atoms with Crippen LogP contribution in [0, 0.1) is 13.8 Å². The molecule has 0 aliphatic carbocycles. The molecule has 0 saturated heterocycles. The predicted molar refractivity (Wildman–Crippen MR) is 126 cm³/mol. The molecule has 1 aromatic heterocycles. The van der Waals surface area contributed by atoms with Gasteiger partial charge in [0, 0.05) is 29.6 Å². The molecule has 1 amide bonds. The summed E-state index contributed by atoms with van der Waals surface area (Å²) in [7, 11) is 0. The fourth-order valence-electron chi connectivity index (χ4n) is 3.91. The van der Waals surface area contributed by atoms with Gasteiger partial charge in [-0.1, -0.05) is 12.1 Å². The Balaban J connectivity index is 1.37. The molecule has 34 heavy (non-hydrogen) atoms. The van der Waals surface area contributed by atoms with Gasteiger partial charge in [-0.3, -0.25) is 9.59 Å². The van der Waals surface area contributed by atoms with Crippen LogP contribution < -0.4 is 14.8 Å². The first-order valence-corrected chi connectivity index (χ1v) is 10.9. The van der Waals surface area contributed by atoms with E-state index < -0.39 is 5.97 Å². The maximum atomic E-state index is 12.8. The van der Waals surface area contributed by atoms with Crippen molar-refractivity contribution in [3.63, 3.8) is 0 Å². The number of esters is 1. The number of nitrogens with zero attached hydrogens (tertiary/aromatic N) is 1. The van der Waals surface area contributed by atoms with Gasteiger partial charge in [0.05, 0.1) is 12.1 Å². The summed E-state index contributed by atoms with van der Waals surface area (Å²) < 4.78 is 19.1. The molecule has 3 aromatic rings. The zero-order valence-corrected chi connectivity index (χ0v) is 19.3. The highest BCUT2D eigenvalue weighted by Gasteiger charge is 2.24. The van der Waals surface area contributed by atoms with Crippen molar-refractivity contribution < 1.29 is 28.6 Å². The lowest BCUT2D eigenvalue weighted by Gasteiger charge is -2.27. The SMILES string of the molecule is CC(=O)Nc1ccc(C(=O)OCC(=O)c2cc(C)n(CC3COc4ccccc4O3)c2C)cc1. The van der Waals surface area contributed by atoms with E-state index in [1.165, 1.54) is 19.1 Å². The third kappa shape index (κ3) is 5.11. The first kappa shape index (κ1) is 23.1. The molecule has 1 aliphatic heterocycles. The molecule has 0 saturated carbocycles. The maximum absolute atomic E-state index is 12.8. The summed E-state index contributed by atoms with van der Waals surface area (Å²) >= 11 is 0. The number of carbonyl (C=O) groups excluding carboxylic acids is 3. The van der Waals surface area contributed by atoms with Crippen LogP contribution in [0.2, 0.25) is 0 Å². The van der Waals surface area contributed by atoms with Crippen molar-refractivity contribution in [3.8, 4) is 11.5 Å². The van der Waals surface area contributed by atoms with Crippen LogP contribution >= 0.6 is 0 Å². The van der Waals surface area contributed by atoms with Crippen LogP contribution in [0.25, 0.3) is 0 Å². The Bertz CT molecular complexity index is 1230. The summed E-state index contributed by atoms with van der Waals surface area (Å²) in [5, 5.41) is 2.63. The van der Waals surface area contributed by atoms with E-state index >= 15 is 0 Å². The second kappa shape index (κ2) is 9.82. The molecule has 8 heteroatoms. The van der Waals surface area contributed by atoms with Crippen molar-refractivity contribution in [1.29, 1.82) is 0 Å². The number of aromatic nitrogens is 1. The molecule has 8 nitrogen and oxygen atoms in total. The van der Waals surface area contributed by atoms with Crippen LogP contribution in [0.3, 0.4) is 0 Å². The first-order valence-electron chi connectivity index (χ1n) is 10.9. The van der Waals surface area contributed by atoms with Crippen LogP contribution in [0.15, 0.2) is 54.6 Å². The van der Waals surface area contributed by atoms with Crippen LogP contribution in [0.4, 0.5) is 5.69 Å². The minimum Gasteiger partial charge on any atom is -0.486 e. The second-order valence-corrected chi connectivity index (χ2v) is 8.15. The highest BCUT2D eigenvalue weighted by atomic mass is 16.6. The number of amides is 1. The number of carbonyl (C=O) groups is 3. The van der Waals surface area contributed by atoms with Gasteiger partial charge in [-0.25, -0.2) is 4.79 Å². The summed E-state index contributed by atoms with van der Waals surface area (Å²) in [4.78, 5) is 36.2. The standard InChI is InChI=1S/C26H26N2O6/c1-16-12-22(17(2)28(16)13-21-14-32-24-6-4-5-7-25(24)34-21)23(30)15-33-26(31)19-8-10-20(11-9-19)27-18(3)29/h4-12,21H,13-15H2,1-3H3,(H,27,29). The molecule has 1 unspecified atom stereocenters. The van der Waals surface area contributed by atoms with Gasteiger partial charge in [-0.05, 0) is 56.3 Å². The Labute approximate surface area is 197 Å². The third-order valence-electron chi connectivity index (χ3n) is 5.60. The van der Waals surface area contributed by atoms with Crippen molar-refractivity contribution in [3.05, 3.63) is 77.1 Å².